The number of nitrogens with one attached hydrogen (secondary N) is 1. The van der Waals surface area contributed by atoms with Crippen molar-refractivity contribution in [2.45, 2.75) is 19.8 Å². The van der Waals surface area contributed by atoms with Crippen LogP contribution in [0, 0.1) is 6.92 Å². The van der Waals surface area contributed by atoms with Gasteiger partial charge in [-0.1, -0.05) is 0 Å². The number of hydrogen-bond donors (Lipinski definition) is 3. The van der Waals surface area contributed by atoms with Crippen LogP contribution in [0.4, 0.5) is 5.69 Å². The largest absolute Gasteiger partial charge is 0.508 e. The fourth-order valence-electron chi connectivity index (χ4n) is 1.20. The molecule has 0 aliphatic rings. The molecule has 1 aromatic rings. The van der Waals surface area contributed by atoms with E-state index in [0.29, 0.717) is 18.5 Å². The fourth-order valence-corrected chi connectivity index (χ4v) is 1.20. The lowest BCUT2D eigenvalue weighted by molar-refractivity contribution is -0.116. The lowest BCUT2D eigenvalue weighted by Crippen LogP contribution is -2.11. The van der Waals surface area contributed by atoms with E-state index in [1.807, 2.05) is 0 Å². The average molecular weight is 209 g/mol. The third kappa shape index (κ3) is 3.59. The minimum Gasteiger partial charge on any atom is -0.508 e. The van der Waals surface area contributed by atoms with Crippen LogP contribution in [0.3, 0.4) is 0 Å². The normalized spacial score (nSPS) is 10.0. The number of carbonyl (C=O) groups excluding carboxylic acids is 1. The number of benzene rings is 1. The summed E-state index contributed by atoms with van der Waals surface area (Å²) in [6.45, 7) is 1.78. The van der Waals surface area contributed by atoms with Gasteiger partial charge in [-0.05, 0) is 37.1 Å². The number of hydrogen-bond acceptors (Lipinski definition) is 3. The molecule has 82 valence electrons. The molecule has 0 heterocycles. The molecule has 0 aromatic heterocycles. The van der Waals surface area contributed by atoms with Gasteiger partial charge >= 0.3 is 0 Å². The zero-order valence-electron chi connectivity index (χ0n) is 8.66. The smallest absolute Gasteiger partial charge is 0.224 e. The Labute approximate surface area is 88.6 Å². The van der Waals surface area contributed by atoms with Gasteiger partial charge in [0, 0.05) is 18.7 Å². The van der Waals surface area contributed by atoms with E-state index in [2.05, 4.69) is 5.32 Å². The molecule has 0 aliphatic heterocycles. The van der Waals surface area contributed by atoms with Crippen LogP contribution in [0.25, 0.3) is 0 Å². The zero-order valence-corrected chi connectivity index (χ0v) is 8.66. The van der Waals surface area contributed by atoms with Crippen LogP contribution in [0.1, 0.15) is 18.4 Å². The molecule has 3 N–H and O–H groups in total. The number of rotatable bonds is 4. The van der Waals surface area contributed by atoms with Gasteiger partial charge in [0.2, 0.25) is 5.91 Å². The predicted octanol–water partition coefficient (Wildman–Crippen LogP) is 1.41. The van der Waals surface area contributed by atoms with Gasteiger partial charge in [0.05, 0.1) is 0 Å². The Balaban J connectivity index is 2.57. The minimum absolute atomic E-state index is 0.0159. The third-order valence-corrected chi connectivity index (χ3v) is 2.04. The maximum Gasteiger partial charge on any atom is 0.224 e. The molecule has 0 unspecified atom stereocenters. The Bertz CT molecular complexity index is 350. The summed E-state index contributed by atoms with van der Waals surface area (Å²) >= 11 is 0. The monoisotopic (exact) mass is 209 g/mol. The summed E-state index contributed by atoms with van der Waals surface area (Å²) in [6, 6.07) is 4.88. The van der Waals surface area contributed by atoms with Crippen molar-refractivity contribution in [3.63, 3.8) is 0 Å². The third-order valence-electron chi connectivity index (χ3n) is 2.04. The van der Waals surface area contributed by atoms with Gasteiger partial charge in [-0.2, -0.15) is 0 Å². The minimum atomic E-state index is -0.130. The second-order valence-corrected chi connectivity index (χ2v) is 3.38. The zero-order chi connectivity index (χ0) is 11.3. The average Bonchev–Trinajstić information content (AvgIpc) is 2.20. The van der Waals surface area contributed by atoms with E-state index in [1.54, 1.807) is 19.1 Å². The maximum atomic E-state index is 11.3. The molecule has 4 heteroatoms. The fraction of sp³-hybridized carbons (Fsp3) is 0.364. The number of carbonyl (C=O) groups is 1. The maximum absolute atomic E-state index is 11.3. The number of phenols is 1. The van der Waals surface area contributed by atoms with Gasteiger partial charge in [-0.15, -0.1) is 0 Å². The summed E-state index contributed by atoms with van der Waals surface area (Å²) in [5.74, 6) is 0.0810. The van der Waals surface area contributed by atoms with E-state index in [9.17, 15) is 9.90 Å². The summed E-state index contributed by atoms with van der Waals surface area (Å²) in [7, 11) is 0. The van der Waals surface area contributed by atoms with Gasteiger partial charge in [-0.25, -0.2) is 0 Å². The first kappa shape index (κ1) is 11.5. The van der Waals surface area contributed by atoms with Crippen LogP contribution in [0.5, 0.6) is 5.75 Å². The molecule has 1 rings (SSSR count). The van der Waals surface area contributed by atoms with Crippen LogP contribution >= 0.6 is 0 Å². The molecular formula is C11H15NO3. The highest BCUT2D eigenvalue weighted by molar-refractivity contribution is 5.90. The number of aliphatic hydroxyl groups is 1. The molecule has 4 nitrogen and oxygen atoms in total. The highest BCUT2D eigenvalue weighted by atomic mass is 16.3. The number of aliphatic hydroxyl groups excluding tert-OH is 1. The molecular weight excluding hydrogens is 194 g/mol. The number of phenolic OH excluding ortho intramolecular Hbond substituents is 1. The summed E-state index contributed by atoms with van der Waals surface area (Å²) in [5, 5.41) is 20.5. The van der Waals surface area contributed by atoms with Crippen molar-refractivity contribution in [3.8, 4) is 5.75 Å². The Hall–Kier alpha value is -1.55. The van der Waals surface area contributed by atoms with E-state index < -0.39 is 0 Å². The van der Waals surface area contributed by atoms with Gasteiger partial charge in [0.15, 0.2) is 0 Å². The second-order valence-electron chi connectivity index (χ2n) is 3.38. The molecule has 0 fully saturated rings. The molecule has 0 saturated heterocycles. The first-order valence-electron chi connectivity index (χ1n) is 4.84. The van der Waals surface area contributed by atoms with E-state index in [4.69, 9.17) is 5.11 Å². The van der Waals surface area contributed by atoms with Crippen molar-refractivity contribution in [1.82, 2.24) is 0 Å². The van der Waals surface area contributed by atoms with E-state index in [0.717, 1.165) is 5.56 Å². The lowest BCUT2D eigenvalue weighted by Gasteiger charge is -2.06. The van der Waals surface area contributed by atoms with Crippen molar-refractivity contribution in [3.05, 3.63) is 23.8 Å². The second kappa shape index (κ2) is 5.36. The van der Waals surface area contributed by atoms with Crippen molar-refractivity contribution < 1.29 is 15.0 Å². The Morgan fingerprint density at radius 3 is 2.80 bits per heavy atom. The lowest BCUT2D eigenvalue weighted by atomic mass is 10.2. The van der Waals surface area contributed by atoms with Crippen LogP contribution in [0.15, 0.2) is 18.2 Å². The highest BCUT2D eigenvalue weighted by Gasteiger charge is 2.03. The number of amides is 1. The van der Waals surface area contributed by atoms with Crippen LogP contribution in [0.2, 0.25) is 0 Å². The molecule has 0 saturated carbocycles. The SMILES string of the molecule is Cc1cc(NC(=O)CCCO)ccc1O. The van der Waals surface area contributed by atoms with Crippen molar-refractivity contribution in [1.29, 1.82) is 0 Å². The van der Waals surface area contributed by atoms with Crippen molar-refractivity contribution >= 4 is 11.6 Å². The molecule has 0 spiro atoms. The summed E-state index contributed by atoms with van der Waals surface area (Å²) in [4.78, 5) is 11.3. The van der Waals surface area contributed by atoms with Crippen molar-refractivity contribution in [2.75, 3.05) is 11.9 Å². The van der Waals surface area contributed by atoms with E-state index in [1.165, 1.54) is 6.07 Å². The number of anilines is 1. The van der Waals surface area contributed by atoms with Crippen molar-refractivity contribution in [2.24, 2.45) is 0 Å². The quantitative estimate of drug-likeness (QED) is 0.657. The summed E-state index contributed by atoms with van der Waals surface area (Å²) < 4.78 is 0. The molecule has 1 amide bonds. The predicted molar refractivity (Wildman–Crippen MR) is 57.8 cm³/mol. The van der Waals surface area contributed by atoms with Gasteiger partial charge in [-0.3, -0.25) is 4.79 Å². The summed E-state index contributed by atoms with van der Waals surface area (Å²) in [5.41, 5.74) is 1.38. The van der Waals surface area contributed by atoms with E-state index in [-0.39, 0.29) is 18.3 Å². The van der Waals surface area contributed by atoms with Crippen LogP contribution in [-0.2, 0) is 4.79 Å². The number of aryl methyl sites for hydroxylation is 1. The van der Waals surface area contributed by atoms with Gasteiger partial charge in [0.25, 0.3) is 0 Å². The molecule has 0 atom stereocenters. The standard InChI is InChI=1S/C11H15NO3/c1-8-7-9(4-5-10(8)14)12-11(15)3-2-6-13/h4-5,7,13-14H,2-3,6H2,1H3,(H,12,15). The topological polar surface area (TPSA) is 69.6 Å². The first-order valence-corrected chi connectivity index (χ1v) is 4.84. The number of aromatic hydroxyl groups is 1. The van der Waals surface area contributed by atoms with Crippen LogP contribution < -0.4 is 5.32 Å². The van der Waals surface area contributed by atoms with Gasteiger partial charge in [0.1, 0.15) is 5.75 Å². The molecule has 1 aromatic carbocycles. The molecule has 0 bridgehead atoms. The van der Waals surface area contributed by atoms with E-state index >= 15 is 0 Å². The van der Waals surface area contributed by atoms with Gasteiger partial charge < -0.3 is 15.5 Å². The summed E-state index contributed by atoms with van der Waals surface area (Å²) in [6.07, 6.45) is 0.763. The molecule has 0 radical (unpaired) electrons. The highest BCUT2D eigenvalue weighted by Crippen LogP contribution is 2.20. The van der Waals surface area contributed by atoms with Crippen LogP contribution in [-0.4, -0.2) is 22.7 Å². The molecule has 0 aliphatic carbocycles. The first-order chi connectivity index (χ1) is 7.13. The Kier molecular flexibility index (Phi) is 4.12. The molecule has 15 heavy (non-hydrogen) atoms. The Morgan fingerprint density at radius 2 is 2.20 bits per heavy atom. The Morgan fingerprint density at radius 1 is 1.47 bits per heavy atom.